The fourth-order valence-electron chi connectivity index (χ4n) is 1.96. The zero-order chi connectivity index (χ0) is 13.8. The average molecular weight is 250 g/mol. The monoisotopic (exact) mass is 250 g/mol. The van der Waals surface area contributed by atoms with Crippen molar-refractivity contribution in [3.8, 4) is 6.07 Å². The Morgan fingerprint density at radius 3 is 2.53 bits per heavy atom. The minimum Gasteiger partial charge on any atom is -0.382 e. The number of allylic oxidation sites excluding steroid dienone is 1. The molecule has 0 aliphatic carbocycles. The SMILES string of the molecule is CN(C)C=C(C#N)C(=O)c1cccc2ccccc12. The van der Waals surface area contributed by atoms with E-state index < -0.39 is 0 Å². The summed E-state index contributed by atoms with van der Waals surface area (Å²) in [4.78, 5) is 14.1. The summed E-state index contributed by atoms with van der Waals surface area (Å²) in [6.45, 7) is 0. The number of nitriles is 1. The quantitative estimate of drug-likeness (QED) is 0.478. The van der Waals surface area contributed by atoms with Crippen molar-refractivity contribution in [2.45, 2.75) is 0 Å². The molecule has 2 rings (SSSR count). The molecule has 2 aromatic rings. The molecule has 0 fully saturated rings. The van der Waals surface area contributed by atoms with Crippen LogP contribution in [-0.4, -0.2) is 24.8 Å². The smallest absolute Gasteiger partial charge is 0.205 e. The number of Topliss-reactive ketones (excluding diaryl/α,β-unsaturated/α-hetero) is 1. The Hall–Kier alpha value is -2.60. The molecule has 0 radical (unpaired) electrons. The highest BCUT2D eigenvalue weighted by Gasteiger charge is 2.14. The van der Waals surface area contributed by atoms with Crippen LogP contribution in [0.25, 0.3) is 10.8 Å². The van der Waals surface area contributed by atoms with Crippen LogP contribution in [0, 0.1) is 11.3 Å². The first-order valence-corrected chi connectivity index (χ1v) is 5.94. The van der Waals surface area contributed by atoms with Gasteiger partial charge in [-0.1, -0.05) is 42.5 Å². The summed E-state index contributed by atoms with van der Waals surface area (Å²) >= 11 is 0. The molecule has 0 aliphatic rings. The first-order chi connectivity index (χ1) is 9.13. The molecule has 0 saturated heterocycles. The summed E-state index contributed by atoms with van der Waals surface area (Å²) in [6.07, 6.45) is 1.55. The summed E-state index contributed by atoms with van der Waals surface area (Å²) in [5, 5.41) is 11.0. The zero-order valence-corrected chi connectivity index (χ0v) is 10.9. The van der Waals surface area contributed by atoms with E-state index in [-0.39, 0.29) is 11.4 Å². The van der Waals surface area contributed by atoms with Crippen LogP contribution in [-0.2, 0) is 0 Å². The second-order valence-electron chi connectivity index (χ2n) is 4.47. The normalized spacial score (nSPS) is 11.1. The van der Waals surface area contributed by atoms with Crippen LogP contribution in [0.5, 0.6) is 0 Å². The van der Waals surface area contributed by atoms with Crippen LogP contribution in [0.15, 0.2) is 54.2 Å². The van der Waals surface area contributed by atoms with Gasteiger partial charge in [0.05, 0.1) is 0 Å². The van der Waals surface area contributed by atoms with Crippen molar-refractivity contribution in [3.05, 3.63) is 59.8 Å². The minimum atomic E-state index is -0.243. The van der Waals surface area contributed by atoms with Gasteiger partial charge in [-0.15, -0.1) is 0 Å². The van der Waals surface area contributed by atoms with Gasteiger partial charge in [0, 0.05) is 25.9 Å². The first kappa shape index (κ1) is 12.8. The third kappa shape index (κ3) is 2.63. The Morgan fingerprint density at radius 1 is 1.16 bits per heavy atom. The number of carbonyl (C=O) groups excluding carboxylic acids is 1. The summed E-state index contributed by atoms with van der Waals surface area (Å²) in [5.41, 5.74) is 0.703. The van der Waals surface area contributed by atoms with Gasteiger partial charge in [-0.2, -0.15) is 5.26 Å². The lowest BCUT2D eigenvalue weighted by molar-refractivity contribution is 0.103. The highest BCUT2D eigenvalue weighted by Crippen LogP contribution is 2.21. The number of rotatable bonds is 3. The fourth-order valence-corrected chi connectivity index (χ4v) is 1.96. The number of carbonyl (C=O) groups is 1. The third-order valence-electron chi connectivity index (χ3n) is 2.79. The number of hydrogen-bond acceptors (Lipinski definition) is 3. The lowest BCUT2D eigenvalue weighted by atomic mass is 9.98. The maximum Gasteiger partial charge on any atom is 0.205 e. The van der Waals surface area contributed by atoms with Crippen molar-refractivity contribution in [3.63, 3.8) is 0 Å². The Balaban J connectivity index is 2.56. The zero-order valence-electron chi connectivity index (χ0n) is 10.9. The van der Waals surface area contributed by atoms with Crippen LogP contribution >= 0.6 is 0 Å². The highest BCUT2D eigenvalue weighted by molar-refractivity contribution is 6.17. The van der Waals surface area contributed by atoms with Gasteiger partial charge >= 0.3 is 0 Å². The molecule has 0 unspecified atom stereocenters. The van der Waals surface area contributed by atoms with Gasteiger partial charge < -0.3 is 4.90 Å². The minimum absolute atomic E-state index is 0.140. The summed E-state index contributed by atoms with van der Waals surface area (Å²) < 4.78 is 0. The molecular formula is C16H14N2O. The van der Waals surface area contributed by atoms with Crippen molar-refractivity contribution in [1.82, 2.24) is 4.90 Å². The number of fused-ring (bicyclic) bond motifs is 1. The van der Waals surface area contributed by atoms with Crippen molar-refractivity contribution >= 4 is 16.6 Å². The fraction of sp³-hybridized carbons (Fsp3) is 0.125. The van der Waals surface area contributed by atoms with E-state index in [1.54, 1.807) is 31.3 Å². The Bertz CT molecular complexity index is 688. The molecule has 0 spiro atoms. The largest absolute Gasteiger partial charge is 0.382 e. The second kappa shape index (κ2) is 5.36. The molecule has 0 saturated carbocycles. The van der Waals surface area contributed by atoms with Gasteiger partial charge in [0.1, 0.15) is 11.6 Å². The molecule has 0 heterocycles. The molecule has 19 heavy (non-hydrogen) atoms. The van der Waals surface area contributed by atoms with Crippen LogP contribution in [0.2, 0.25) is 0 Å². The molecule has 2 aromatic carbocycles. The number of ketones is 1. The van der Waals surface area contributed by atoms with Gasteiger partial charge in [0.25, 0.3) is 0 Å². The van der Waals surface area contributed by atoms with E-state index in [1.807, 2.05) is 42.5 Å². The van der Waals surface area contributed by atoms with Crippen molar-refractivity contribution in [2.75, 3.05) is 14.1 Å². The number of hydrogen-bond donors (Lipinski definition) is 0. The first-order valence-electron chi connectivity index (χ1n) is 5.94. The number of benzene rings is 2. The maximum atomic E-state index is 12.4. The summed E-state index contributed by atoms with van der Waals surface area (Å²) in [6, 6.07) is 15.2. The highest BCUT2D eigenvalue weighted by atomic mass is 16.1. The van der Waals surface area contributed by atoms with E-state index >= 15 is 0 Å². The van der Waals surface area contributed by atoms with E-state index in [2.05, 4.69) is 0 Å². The molecule has 0 atom stereocenters. The Kier molecular flexibility index (Phi) is 3.63. The Morgan fingerprint density at radius 2 is 1.84 bits per heavy atom. The van der Waals surface area contributed by atoms with Gasteiger partial charge in [0.2, 0.25) is 5.78 Å². The standard InChI is InChI=1S/C16H14N2O/c1-18(2)11-13(10-17)16(19)15-9-5-7-12-6-3-4-8-14(12)15/h3-9,11H,1-2H3. The van der Waals surface area contributed by atoms with Crippen LogP contribution < -0.4 is 0 Å². The maximum absolute atomic E-state index is 12.4. The molecule has 0 N–H and O–H groups in total. The topological polar surface area (TPSA) is 44.1 Å². The van der Waals surface area contributed by atoms with E-state index in [0.29, 0.717) is 5.56 Å². The molecule has 0 amide bonds. The van der Waals surface area contributed by atoms with Gasteiger partial charge in [-0.3, -0.25) is 4.79 Å². The second-order valence-corrected chi connectivity index (χ2v) is 4.47. The van der Waals surface area contributed by atoms with E-state index in [0.717, 1.165) is 10.8 Å². The van der Waals surface area contributed by atoms with Gasteiger partial charge in [-0.25, -0.2) is 0 Å². The van der Waals surface area contributed by atoms with Gasteiger partial charge in [-0.05, 0) is 10.8 Å². The predicted molar refractivity (Wildman–Crippen MR) is 75.7 cm³/mol. The molecule has 3 nitrogen and oxygen atoms in total. The molecular weight excluding hydrogens is 236 g/mol. The van der Waals surface area contributed by atoms with Crippen LogP contribution in [0.3, 0.4) is 0 Å². The van der Waals surface area contributed by atoms with Crippen molar-refractivity contribution in [1.29, 1.82) is 5.26 Å². The Labute approximate surface area is 112 Å². The average Bonchev–Trinajstić information content (AvgIpc) is 2.43. The lowest BCUT2D eigenvalue weighted by Crippen LogP contribution is -2.09. The molecule has 0 aromatic heterocycles. The van der Waals surface area contributed by atoms with Crippen molar-refractivity contribution < 1.29 is 4.79 Å². The summed E-state index contributed by atoms with van der Waals surface area (Å²) in [5.74, 6) is -0.243. The van der Waals surface area contributed by atoms with Gasteiger partial charge in [0.15, 0.2) is 0 Å². The predicted octanol–water partition coefficient (Wildman–Crippen LogP) is 2.99. The lowest BCUT2D eigenvalue weighted by Gasteiger charge is -2.08. The van der Waals surface area contributed by atoms with Crippen molar-refractivity contribution in [2.24, 2.45) is 0 Å². The van der Waals surface area contributed by atoms with Crippen LogP contribution in [0.4, 0.5) is 0 Å². The molecule has 94 valence electrons. The van der Waals surface area contributed by atoms with Crippen LogP contribution in [0.1, 0.15) is 10.4 Å². The molecule has 3 heteroatoms. The molecule has 0 bridgehead atoms. The molecule has 0 aliphatic heterocycles. The van der Waals surface area contributed by atoms with E-state index in [4.69, 9.17) is 5.26 Å². The van der Waals surface area contributed by atoms with E-state index in [1.165, 1.54) is 0 Å². The summed E-state index contributed by atoms with van der Waals surface area (Å²) in [7, 11) is 3.57. The third-order valence-corrected chi connectivity index (χ3v) is 2.79. The van der Waals surface area contributed by atoms with E-state index in [9.17, 15) is 4.79 Å². The number of nitrogens with zero attached hydrogens (tertiary/aromatic N) is 2.